The second-order valence-electron chi connectivity index (χ2n) is 4.68. The number of benzene rings is 1. The van der Waals surface area contributed by atoms with Crippen LogP contribution in [0.1, 0.15) is 37.3 Å². The van der Waals surface area contributed by atoms with Crippen LogP contribution in [0.25, 0.3) is 0 Å². The second kappa shape index (κ2) is 6.39. The van der Waals surface area contributed by atoms with E-state index in [1.54, 1.807) is 0 Å². The molecule has 0 bridgehead atoms. The zero-order chi connectivity index (χ0) is 12.1. The molecule has 1 heterocycles. The average molecular weight is 254 g/mol. The predicted molar refractivity (Wildman–Crippen MR) is 71.3 cm³/mol. The third-order valence-corrected chi connectivity index (χ3v) is 3.74. The van der Waals surface area contributed by atoms with E-state index in [9.17, 15) is 5.11 Å². The molecule has 0 radical (unpaired) electrons. The predicted octanol–water partition coefficient (Wildman–Crippen LogP) is 3.25. The molecule has 1 saturated heterocycles. The van der Waals surface area contributed by atoms with E-state index in [-0.39, 0.29) is 6.61 Å². The molecule has 1 aliphatic rings. The molecule has 1 N–H and O–H groups in total. The van der Waals surface area contributed by atoms with E-state index in [2.05, 4.69) is 17.0 Å². The summed E-state index contributed by atoms with van der Waals surface area (Å²) >= 11 is 5.92. The largest absolute Gasteiger partial charge is 0.396 e. The van der Waals surface area contributed by atoms with Crippen LogP contribution in [0.5, 0.6) is 0 Å². The molecule has 0 spiro atoms. The molecule has 1 aromatic carbocycles. The summed E-state index contributed by atoms with van der Waals surface area (Å²) in [5.41, 5.74) is 1.27. The number of halogens is 1. The van der Waals surface area contributed by atoms with Crippen molar-refractivity contribution in [1.29, 1.82) is 0 Å². The highest BCUT2D eigenvalue weighted by Gasteiger charge is 2.21. The van der Waals surface area contributed by atoms with Crippen LogP contribution >= 0.6 is 11.6 Å². The van der Waals surface area contributed by atoms with Crippen molar-refractivity contribution in [3.63, 3.8) is 0 Å². The molecule has 2 nitrogen and oxygen atoms in total. The maximum Gasteiger partial charge on any atom is 0.0449 e. The highest BCUT2D eigenvalue weighted by molar-refractivity contribution is 6.30. The number of rotatable bonds is 4. The Labute approximate surface area is 108 Å². The quantitative estimate of drug-likeness (QED) is 0.891. The molecule has 1 aromatic rings. The maximum atomic E-state index is 9.23. The van der Waals surface area contributed by atoms with Gasteiger partial charge in [-0.25, -0.2) is 0 Å². The SMILES string of the molecule is OCCC(c1ccc(Cl)cc1)N1CCCCC1. The van der Waals surface area contributed by atoms with Gasteiger partial charge >= 0.3 is 0 Å². The van der Waals surface area contributed by atoms with Crippen molar-refractivity contribution in [2.45, 2.75) is 31.7 Å². The summed E-state index contributed by atoms with van der Waals surface area (Å²) in [7, 11) is 0. The van der Waals surface area contributed by atoms with Crippen molar-refractivity contribution in [2.24, 2.45) is 0 Å². The summed E-state index contributed by atoms with van der Waals surface area (Å²) in [5.74, 6) is 0. The average Bonchev–Trinajstić information content (AvgIpc) is 2.38. The number of aliphatic hydroxyl groups excluding tert-OH is 1. The van der Waals surface area contributed by atoms with Crippen molar-refractivity contribution < 1.29 is 5.11 Å². The van der Waals surface area contributed by atoms with Crippen molar-refractivity contribution >= 4 is 11.6 Å². The van der Waals surface area contributed by atoms with Gasteiger partial charge in [-0.15, -0.1) is 0 Å². The highest BCUT2D eigenvalue weighted by Crippen LogP contribution is 2.28. The van der Waals surface area contributed by atoms with Crippen molar-refractivity contribution in [2.75, 3.05) is 19.7 Å². The van der Waals surface area contributed by atoms with Gasteiger partial charge < -0.3 is 5.11 Å². The first kappa shape index (κ1) is 12.9. The number of aliphatic hydroxyl groups is 1. The van der Waals surface area contributed by atoms with Crippen LogP contribution in [0.2, 0.25) is 5.02 Å². The highest BCUT2D eigenvalue weighted by atomic mass is 35.5. The summed E-state index contributed by atoms with van der Waals surface area (Å²) in [4.78, 5) is 2.49. The van der Waals surface area contributed by atoms with Gasteiger partial charge in [0, 0.05) is 17.7 Å². The molecule has 1 aliphatic heterocycles. The topological polar surface area (TPSA) is 23.5 Å². The third kappa shape index (κ3) is 3.44. The Morgan fingerprint density at radius 3 is 2.35 bits per heavy atom. The molecule has 94 valence electrons. The van der Waals surface area contributed by atoms with Crippen molar-refractivity contribution in [3.05, 3.63) is 34.9 Å². The monoisotopic (exact) mass is 253 g/mol. The van der Waals surface area contributed by atoms with Crippen molar-refractivity contribution in [3.8, 4) is 0 Å². The van der Waals surface area contributed by atoms with Gasteiger partial charge in [0.1, 0.15) is 0 Å². The van der Waals surface area contributed by atoms with Gasteiger partial charge in [-0.05, 0) is 50.0 Å². The van der Waals surface area contributed by atoms with Crippen LogP contribution in [0.4, 0.5) is 0 Å². The lowest BCUT2D eigenvalue weighted by Crippen LogP contribution is -2.34. The van der Waals surface area contributed by atoms with E-state index in [0.717, 1.165) is 24.5 Å². The number of hydrogen-bond donors (Lipinski definition) is 1. The molecule has 0 aromatic heterocycles. The molecule has 1 unspecified atom stereocenters. The Balaban J connectivity index is 2.12. The molecule has 0 saturated carbocycles. The summed E-state index contributed by atoms with van der Waals surface area (Å²) in [6.07, 6.45) is 4.69. The van der Waals surface area contributed by atoms with Gasteiger partial charge in [-0.3, -0.25) is 4.90 Å². The van der Waals surface area contributed by atoms with E-state index in [1.165, 1.54) is 24.8 Å². The van der Waals surface area contributed by atoms with Gasteiger partial charge in [0.15, 0.2) is 0 Å². The van der Waals surface area contributed by atoms with Crippen molar-refractivity contribution in [1.82, 2.24) is 4.90 Å². The Kier molecular flexibility index (Phi) is 4.84. The standard InChI is InChI=1S/C14H20ClNO/c15-13-6-4-12(5-7-13)14(8-11-17)16-9-2-1-3-10-16/h4-7,14,17H,1-3,8-11H2. The first-order chi connectivity index (χ1) is 8.31. The molecule has 17 heavy (non-hydrogen) atoms. The summed E-state index contributed by atoms with van der Waals surface area (Å²) in [6, 6.07) is 8.38. The number of nitrogens with zero attached hydrogens (tertiary/aromatic N) is 1. The Hall–Kier alpha value is -0.570. The first-order valence-corrected chi connectivity index (χ1v) is 6.79. The van der Waals surface area contributed by atoms with E-state index in [0.29, 0.717) is 6.04 Å². The van der Waals surface area contributed by atoms with Gasteiger partial charge in [0.25, 0.3) is 0 Å². The molecule has 1 fully saturated rings. The van der Waals surface area contributed by atoms with Crippen LogP contribution in [-0.4, -0.2) is 29.7 Å². The van der Waals surface area contributed by atoms with E-state index in [4.69, 9.17) is 11.6 Å². The minimum atomic E-state index is 0.240. The Morgan fingerprint density at radius 2 is 1.76 bits per heavy atom. The molecule has 1 atom stereocenters. The Morgan fingerprint density at radius 1 is 1.12 bits per heavy atom. The molecule has 0 aliphatic carbocycles. The fraction of sp³-hybridized carbons (Fsp3) is 0.571. The van der Waals surface area contributed by atoms with Crippen LogP contribution in [0.3, 0.4) is 0 Å². The summed E-state index contributed by atoms with van der Waals surface area (Å²) in [6.45, 7) is 2.53. The first-order valence-electron chi connectivity index (χ1n) is 6.41. The normalized spacial score (nSPS) is 19.2. The van der Waals surface area contributed by atoms with Crippen LogP contribution in [0.15, 0.2) is 24.3 Å². The van der Waals surface area contributed by atoms with Gasteiger partial charge in [-0.2, -0.15) is 0 Å². The van der Waals surface area contributed by atoms with E-state index >= 15 is 0 Å². The number of piperidine rings is 1. The van der Waals surface area contributed by atoms with Crippen LogP contribution in [-0.2, 0) is 0 Å². The van der Waals surface area contributed by atoms with Gasteiger partial charge in [-0.1, -0.05) is 30.2 Å². The Bertz CT molecular complexity index is 333. The lowest BCUT2D eigenvalue weighted by molar-refractivity contribution is 0.133. The molecule has 0 amide bonds. The zero-order valence-corrected chi connectivity index (χ0v) is 10.9. The molecule has 3 heteroatoms. The maximum absolute atomic E-state index is 9.23. The zero-order valence-electron chi connectivity index (χ0n) is 10.1. The van der Waals surface area contributed by atoms with E-state index in [1.807, 2.05) is 12.1 Å². The smallest absolute Gasteiger partial charge is 0.0449 e. The minimum absolute atomic E-state index is 0.240. The lowest BCUT2D eigenvalue weighted by atomic mass is 9.99. The minimum Gasteiger partial charge on any atom is -0.396 e. The van der Waals surface area contributed by atoms with Gasteiger partial charge in [0.2, 0.25) is 0 Å². The van der Waals surface area contributed by atoms with E-state index < -0.39 is 0 Å². The molecular formula is C14H20ClNO. The third-order valence-electron chi connectivity index (χ3n) is 3.49. The number of hydrogen-bond acceptors (Lipinski definition) is 2. The molecular weight excluding hydrogens is 234 g/mol. The second-order valence-corrected chi connectivity index (χ2v) is 5.11. The lowest BCUT2D eigenvalue weighted by Gasteiger charge is -2.34. The van der Waals surface area contributed by atoms with Crippen LogP contribution in [0, 0.1) is 0 Å². The van der Waals surface area contributed by atoms with Gasteiger partial charge in [0.05, 0.1) is 0 Å². The fourth-order valence-electron chi connectivity index (χ4n) is 2.60. The molecule has 2 rings (SSSR count). The summed E-state index contributed by atoms with van der Waals surface area (Å²) in [5, 5.41) is 10.0. The van der Waals surface area contributed by atoms with Crippen LogP contribution < -0.4 is 0 Å². The summed E-state index contributed by atoms with van der Waals surface area (Å²) < 4.78 is 0. The fourth-order valence-corrected chi connectivity index (χ4v) is 2.72. The number of likely N-dealkylation sites (tertiary alicyclic amines) is 1.